The quantitative estimate of drug-likeness (QED) is 0.523. The number of anilines is 1. The molecule has 0 atom stereocenters. The van der Waals surface area contributed by atoms with Crippen LogP contribution in [0.4, 0.5) is 5.69 Å². The summed E-state index contributed by atoms with van der Waals surface area (Å²) in [5, 5.41) is 13.2. The summed E-state index contributed by atoms with van der Waals surface area (Å²) >= 11 is 1.34. The van der Waals surface area contributed by atoms with Gasteiger partial charge in [-0.05, 0) is 31.5 Å². The first-order valence-corrected chi connectivity index (χ1v) is 10.4. The minimum atomic E-state index is -0.141. The Morgan fingerprint density at radius 3 is 2.69 bits per heavy atom. The van der Waals surface area contributed by atoms with Crippen LogP contribution in [-0.4, -0.2) is 32.9 Å². The second kappa shape index (κ2) is 10.1. The third-order valence-electron chi connectivity index (χ3n) is 4.32. The maximum atomic E-state index is 12.5. The lowest BCUT2D eigenvalue weighted by Crippen LogP contribution is -2.16. The number of imidazole rings is 1. The summed E-state index contributed by atoms with van der Waals surface area (Å²) in [5.41, 5.74) is 3.68. The van der Waals surface area contributed by atoms with Crippen LogP contribution >= 0.6 is 11.8 Å². The number of aryl methyl sites for hydroxylation is 1. The Kier molecular flexibility index (Phi) is 7.32. The molecule has 0 saturated carbocycles. The third kappa shape index (κ3) is 5.62. The fourth-order valence-electron chi connectivity index (χ4n) is 2.85. The van der Waals surface area contributed by atoms with Crippen molar-refractivity contribution in [2.75, 3.05) is 17.7 Å². The standard InChI is InChI=1S/C22H25N3O3S/c1-3-28-20-7-5-4-6-19(20)24-21(27)15-29-22-23-12-18(14-26)25(22)13-17-10-8-16(2)9-11-17/h4-12,26H,3,13-15H2,1-2H3,(H,24,27). The first kappa shape index (κ1) is 21.0. The number of nitrogens with one attached hydrogen (secondary N) is 1. The molecule has 0 fully saturated rings. The van der Waals surface area contributed by atoms with Crippen molar-refractivity contribution < 1.29 is 14.6 Å². The largest absolute Gasteiger partial charge is 0.492 e. The number of benzene rings is 2. The van der Waals surface area contributed by atoms with E-state index < -0.39 is 0 Å². The molecule has 0 aliphatic carbocycles. The fourth-order valence-corrected chi connectivity index (χ4v) is 3.64. The lowest BCUT2D eigenvalue weighted by atomic mass is 10.1. The second-order valence-corrected chi connectivity index (χ2v) is 7.47. The van der Waals surface area contributed by atoms with Crippen molar-refractivity contribution in [2.24, 2.45) is 0 Å². The molecule has 1 heterocycles. The SMILES string of the molecule is CCOc1ccccc1NC(=O)CSc1ncc(CO)n1Cc1ccc(C)cc1. The number of rotatable bonds is 9. The fraction of sp³-hybridized carbons (Fsp3) is 0.273. The lowest BCUT2D eigenvalue weighted by molar-refractivity contribution is -0.113. The predicted molar refractivity (Wildman–Crippen MR) is 115 cm³/mol. The molecular formula is C22H25N3O3S. The first-order valence-electron chi connectivity index (χ1n) is 9.46. The van der Waals surface area contributed by atoms with E-state index in [9.17, 15) is 9.90 Å². The predicted octanol–water partition coefficient (Wildman–Crippen LogP) is 3.86. The van der Waals surface area contributed by atoms with Gasteiger partial charge in [-0.1, -0.05) is 53.7 Å². The number of hydrogen-bond acceptors (Lipinski definition) is 5. The molecule has 0 radical (unpaired) electrons. The minimum Gasteiger partial charge on any atom is -0.492 e. The van der Waals surface area contributed by atoms with Gasteiger partial charge >= 0.3 is 0 Å². The van der Waals surface area contributed by atoms with E-state index in [0.717, 1.165) is 11.3 Å². The van der Waals surface area contributed by atoms with Crippen molar-refractivity contribution in [2.45, 2.75) is 32.2 Å². The molecule has 152 valence electrons. The van der Waals surface area contributed by atoms with Gasteiger partial charge in [0.15, 0.2) is 5.16 Å². The molecule has 0 saturated heterocycles. The van der Waals surface area contributed by atoms with E-state index in [1.807, 2.05) is 42.7 Å². The van der Waals surface area contributed by atoms with Crippen LogP contribution in [0.5, 0.6) is 5.75 Å². The van der Waals surface area contributed by atoms with Crippen molar-refractivity contribution in [1.82, 2.24) is 9.55 Å². The van der Waals surface area contributed by atoms with Gasteiger partial charge in [-0.15, -0.1) is 0 Å². The average Bonchev–Trinajstić information content (AvgIpc) is 3.11. The Hall–Kier alpha value is -2.77. The van der Waals surface area contributed by atoms with E-state index in [1.165, 1.54) is 17.3 Å². The number of hydrogen-bond donors (Lipinski definition) is 2. The number of carbonyl (C=O) groups excluding carboxylic acids is 1. The number of carbonyl (C=O) groups is 1. The van der Waals surface area contributed by atoms with Gasteiger partial charge in [-0.3, -0.25) is 4.79 Å². The van der Waals surface area contributed by atoms with Crippen molar-refractivity contribution in [1.29, 1.82) is 0 Å². The summed E-state index contributed by atoms with van der Waals surface area (Å²) in [6.45, 7) is 4.97. The van der Waals surface area contributed by atoms with Crippen LogP contribution in [0.25, 0.3) is 0 Å². The highest BCUT2D eigenvalue weighted by molar-refractivity contribution is 7.99. The van der Waals surface area contributed by atoms with Crippen LogP contribution in [0.3, 0.4) is 0 Å². The van der Waals surface area contributed by atoms with Gasteiger partial charge in [0.25, 0.3) is 0 Å². The van der Waals surface area contributed by atoms with Gasteiger partial charge in [-0.2, -0.15) is 0 Å². The number of ether oxygens (including phenoxy) is 1. The van der Waals surface area contributed by atoms with Gasteiger partial charge in [0.1, 0.15) is 5.75 Å². The highest BCUT2D eigenvalue weighted by atomic mass is 32.2. The summed E-state index contributed by atoms with van der Waals surface area (Å²) in [7, 11) is 0. The summed E-state index contributed by atoms with van der Waals surface area (Å²) in [5.74, 6) is 0.713. The summed E-state index contributed by atoms with van der Waals surface area (Å²) in [6.07, 6.45) is 1.65. The number of thioether (sulfide) groups is 1. The molecule has 0 unspecified atom stereocenters. The molecule has 6 nitrogen and oxygen atoms in total. The zero-order valence-electron chi connectivity index (χ0n) is 16.6. The second-order valence-electron chi connectivity index (χ2n) is 6.53. The molecule has 7 heteroatoms. The van der Waals surface area contributed by atoms with Gasteiger partial charge < -0.3 is 19.7 Å². The Labute approximate surface area is 174 Å². The van der Waals surface area contributed by atoms with Crippen LogP contribution in [0, 0.1) is 6.92 Å². The molecule has 2 aromatic carbocycles. The highest BCUT2D eigenvalue weighted by Crippen LogP contribution is 2.25. The molecule has 2 N–H and O–H groups in total. The first-order chi connectivity index (χ1) is 14.1. The van der Waals surface area contributed by atoms with Gasteiger partial charge in [0.05, 0.1) is 36.5 Å². The smallest absolute Gasteiger partial charge is 0.234 e. The van der Waals surface area contributed by atoms with Crippen molar-refractivity contribution in [3.63, 3.8) is 0 Å². The van der Waals surface area contributed by atoms with E-state index in [2.05, 4.69) is 34.6 Å². The topological polar surface area (TPSA) is 76.4 Å². The molecule has 3 rings (SSSR count). The van der Waals surface area contributed by atoms with E-state index in [0.29, 0.717) is 29.7 Å². The third-order valence-corrected chi connectivity index (χ3v) is 5.31. The zero-order chi connectivity index (χ0) is 20.6. The average molecular weight is 412 g/mol. The monoisotopic (exact) mass is 411 g/mol. The lowest BCUT2D eigenvalue weighted by Gasteiger charge is -2.12. The van der Waals surface area contributed by atoms with E-state index in [1.54, 1.807) is 6.20 Å². The minimum absolute atomic E-state index is 0.104. The van der Waals surface area contributed by atoms with Crippen LogP contribution in [0.1, 0.15) is 23.7 Å². The molecule has 0 aliphatic rings. The number of aliphatic hydroxyl groups excluding tert-OH is 1. The van der Waals surface area contributed by atoms with Gasteiger partial charge in [-0.25, -0.2) is 4.98 Å². The Balaban J connectivity index is 1.67. The number of para-hydroxylation sites is 2. The molecule has 0 aliphatic heterocycles. The summed E-state index contributed by atoms with van der Waals surface area (Å²) < 4.78 is 7.49. The van der Waals surface area contributed by atoms with Crippen LogP contribution in [-0.2, 0) is 17.9 Å². The number of nitrogens with zero attached hydrogens (tertiary/aromatic N) is 2. The molecular weight excluding hydrogens is 386 g/mol. The Bertz CT molecular complexity index is 954. The normalized spacial score (nSPS) is 10.7. The van der Waals surface area contributed by atoms with Crippen molar-refractivity contribution in [3.05, 3.63) is 71.5 Å². The summed E-state index contributed by atoms with van der Waals surface area (Å²) in [6, 6.07) is 15.6. The number of aromatic nitrogens is 2. The Morgan fingerprint density at radius 2 is 1.97 bits per heavy atom. The van der Waals surface area contributed by atoms with Crippen LogP contribution in [0.2, 0.25) is 0 Å². The van der Waals surface area contributed by atoms with E-state index in [-0.39, 0.29) is 18.3 Å². The van der Waals surface area contributed by atoms with E-state index >= 15 is 0 Å². The van der Waals surface area contributed by atoms with Crippen molar-refractivity contribution in [3.8, 4) is 5.75 Å². The zero-order valence-corrected chi connectivity index (χ0v) is 17.4. The number of amides is 1. The van der Waals surface area contributed by atoms with Crippen LogP contribution in [0.15, 0.2) is 59.9 Å². The van der Waals surface area contributed by atoms with Gasteiger partial charge in [0, 0.05) is 6.54 Å². The summed E-state index contributed by atoms with van der Waals surface area (Å²) in [4.78, 5) is 16.8. The molecule has 0 bridgehead atoms. The molecule has 0 spiro atoms. The maximum absolute atomic E-state index is 12.5. The molecule has 3 aromatic rings. The molecule has 29 heavy (non-hydrogen) atoms. The molecule has 1 amide bonds. The highest BCUT2D eigenvalue weighted by Gasteiger charge is 2.14. The molecule has 1 aromatic heterocycles. The Morgan fingerprint density at radius 1 is 1.21 bits per heavy atom. The van der Waals surface area contributed by atoms with Gasteiger partial charge in [0.2, 0.25) is 5.91 Å². The van der Waals surface area contributed by atoms with E-state index in [4.69, 9.17) is 4.74 Å². The number of aliphatic hydroxyl groups is 1. The maximum Gasteiger partial charge on any atom is 0.234 e. The van der Waals surface area contributed by atoms with Crippen molar-refractivity contribution >= 4 is 23.4 Å². The van der Waals surface area contributed by atoms with Crippen LogP contribution < -0.4 is 10.1 Å².